The number of carbonyl (C=O) groups is 1. The minimum Gasteiger partial charge on any atom is -0.432 e. The van der Waals surface area contributed by atoms with Crippen molar-refractivity contribution < 1.29 is 18.7 Å². The van der Waals surface area contributed by atoms with Crippen molar-refractivity contribution in [2.45, 2.75) is 71.1 Å². The lowest BCUT2D eigenvalue weighted by molar-refractivity contribution is -0.160. The minimum atomic E-state index is -1.74. The summed E-state index contributed by atoms with van der Waals surface area (Å²) in [6.45, 7) is 15.0. The van der Waals surface area contributed by atoms with Crippen LogP contribution in [0.25, 0.3) is 0 Å². The lowest BCUT2D eigenvalue weighted by Crippen LogP contribution is -2.41. The second-order valence-corrected chi connectivity index (χ2v) is 11.6. The molecule has 0 aromatic heterocycles. The first kappa shape index (κ1) is 15.7. The quantitative estimate of drug-likeness (QED) is 0.584. The number of ether oxygens (including phenoxy) is 2. The first-order chi connectivity index (χ1) is 7.95. The number of rotatable bonds is 4. The Hall–Kier alpha value is -0.393. The van der Waals surface area contributed by atoms with Gasteiger partial charge in [-0.25, -0.2) is 4.79 Å². The molecular formula is C13H26O4Si. The molecule has 106 valence electrons. The van der Waals surface area contributed by atoms with E-state index in [2.05, 4.69) is 33.9 Å². The van der Waals surface area contributed by atoms with Crippen LogP contribution in [0.1, 0.15) is 41.0 Å². The van der Waals surface area contributed by atoms with Gasteiger partial charge in [-0.3, -0.25) is 0 Å². The summed E-state index contributed by atoms with van der Waals surface area (Å²) in [6.07, 6.45) is 0.0826. The van der Waals surface area contributed by atoms with E-state index in [1.54, 1.807) is 13.8 Å². The summed E-state index contributed by atoms with van der Waals surface area (Å²) in [4.78, 5) is 11.6. The molecular weight excluding hydrogens is 248 g/mol. The van der Waals surface area contributed by atoms with Crippen molar-refractivity contribution in [3.63, 3.8) is 0 Å². The third kappa shape index (κ3) is 3.80. The fraction of sp³-hybridized carbons (Fsp3) is 0.923. The Kier molecular flexibility index (Phi) is 4.30. The van der Waals surface area contributed by atoms with E-state index in [1.165, 1.54) is 0 Å². The van der Waals surface area contributed by atoms with Gasteiger partial charge in [0, 0.05) is 26.9 Å². The van der Waals surface area contributed by atoms with Gasteiger partial charge in [-0.15, -0.1) is 0 Å². The Morgan fingerprint density at radius 1 is 1.33 bits per heavy atom. The third-order valence-corrected chi connectivity index (χ3v) is 8.22. The normalized spacial score (nSPS) is 24.2. The highest BCUT2D eigenvalue weighted by Gasteiger charge is 2.42. The maximum Gasteiger partial charge on any atom is 0.338 e. The van der Waals surface area contributed by atoms with Crippen molar-refractivity contribution in [3.8, 4) is 0 Å². The van der Waals surface area contributed by atoms with E-state index in [-0.39, 0.29) is 11.0 Å². The summed E-state index contributed by atoms with van der Waals surface area (Å²) in [5.41, 5.74) is 0. The van der Waals surface area contributed by atoms with Crippen LogP contribution in [0, 0.1) is 0 Å². The highest BCUT2D eigenvalue weighted by Crippen LogP contribution is 2.36. The van der Waals surface area contributed by atoms with Crippen molar-refractivity contribution in [1.82, 2.24) is 0 Å². The third-order valence-electron chi connectivity index (χ3n) is 3.68. The SMILES string of the molecule is CC1(C)OC(=O)C(CCO[Si](C)(C)C(C)(C)C)O1. The number of hydrogen-bond acceptors (Lipinski definition) is 4. The van der Waals surface area contributed by atoms with Gasteiger partial charge in [0.1, 0.15) is 0 Å². The van der Waals surface area contributed by atoms with Crippen molar-refractivity contribution in [3.05, 3.63) is 0 Å². The van der Waals surface area contributed by atoms with Gasteiger partial charge in [-0.05, 0) is 18.1 Å². The van der Waals surface area contributed by atoms with Gasteiger partial charge in [-0.2, -0.15) is 0 Å². The molecule has 1 heterocycles. The fourth-order valence-corrected chi connectivity index (χ4v) is 2.60. The summed E-state index contributed by atoms with van der Waals surface area (Å²) in [5.74, 6) is -1.07. The molecule has 0 radical (unpaired) electrons. The van der Waals surface area contributed by atoms with Gasteiger partial charge in [0.15, 0.2) is 14.4 Å². The smallest absolute Gasteiger partial charge is 0.338 e. The van der Waals surface area contributed by atoms with Gasteiger partial charge in [-0.1, -0.05) is 20.8 Å². The molecule has 4 nitrogen and oxygen atoms in total. The predicted octanol–water partition coefficient (Wildman–Crippen LogP) is 3.08. The zero-order chi connectivity index (χ0) is 14.2. The van der Waals surface area contributed by atoms with Crippen molar-refractivity contribution in [1.29, 1.82) is 0 Å². The Bertz CT molecular complexity index is 317. The summed E-state index contributed by atoms with van der Waals surface area (Å²) >= 11 is 0. The minimum absolute atomic E-state index is 0.184. The van der Waals surface area contributed by atoms with E-state index in [1.807, 2.05) is 0 Å². The van der Waals surface area contributed by atoms with Gasteiger partial charge in [0.05, 0.1) is 0 Å². The monoisotopic (exact) mass is 274 g/mol. The standard InChI is InChI=1S/C13H26O4Si/c1-12(2,3)18(6,7)15-9-8-10-11(14)17-13(4,5)16-10/h10H,8-9H2,1-7H3. The molecule has 0 aromatic carbocycles. The van der Waals surface area contributed by atoms with Crippen LogP contribution >= 0.6 is 0 Å². The molecule has 0 spiro atoms. The molecule has 1 unspecified atom stereocenters. The molecule has 18 heavy (non-hydrogen) atoms. The number of cyclic esters (lactones) is 1. The van der Waals surface area contributed by atoms with Crippen molar-refractivity contribution in [2.75, 3.05) is 6.61 Å². The summed E-state index contributed by atoms with van der Waals surface area (Å²) < 4.78 is 16.7. The van der Waals surface area contributed by atoms with Crippen LogP contribution in [0.4, 0.5) is 0 Å². The molecule has 0 bridgehead atoms. The van der Waals surface area contributed by atoms with E-state index in [9.17, 15) is 4.79 Å². The van der Waals surface area contributed by atoms with Crippen LogP contribution in [-0.4, -0.2) is 32.8 Å². The average molecular weight is 274 g/mol. The van der Waals surface area contributed by atoms with Crippen LogP contribution < -0.4 is 0 Å². The first-order valence-corrected chi connectivity index (χ1v) is 9.40. The first-order valence-electron chi connectivity index (χ1n) is 6.49. The number of carbonyl (C=O) groups excluding carboxylic acids is 1. The molecule has 1 atom stereocenters. The molecule has 0 N–H and O–H groups in total. The average Bonchev–Trinajstić information content (AvgIpc) is 2.37. The van der Waals surface area contributed by atoms with E-state index in [0.717, 1.165) is 0 Å². The van der Waals surface area contributed by atoms with E-state index in [0.29, 0.717) is 13.0 Å². The molecule has 1 aliphatic heterocycles. The van der Waals surface area contributed by atoms with Crippen LogP contribution in [0.5, 0.6) is 0 Å². The second kappa shape index (κ2) is 4.94. The second-order valence-electron chi connectivity index (χ2n) is 6.82. The Morgan fingerprint density at radius 3 is 2.28 bits per heavy atom. The summed E-state index contributed by atoms with van der Waals surface area (Å²) in [5, 5.41) is 0.184. The lowest BCUT2D eigenvalue weighted by Gasteiger charge is -2.36. The molecule has 5 heteroatoms. The maximum absolute atomic E-state index is 11.6. The Labute approximate surface area is 111 Å². The highest BCUT2D eigenvalue weighted by atomic mass is 28.4. The molecule has 0 saturated carbocycles. The topological polar surface area (TPSA) is 44.8 Å². The van der Waals surface area contributed by atoms with Gasteiger partial charge in [0.2, 0.25) is 5.79 Å². The molecule has 1 fully saturated rings. The molecule has 0 aliphatic carbocycles. The Morgan fingerprint density at radius 2 is 1.89 bits per heavy atom. The zero-order valence-electron chi connectivity index (χ0n) is 12.6. The summed E-state index contributed by atoms with van der Waals surface area (Å²) in [6, 6.07) is 0. The Balaban J connectivity index is 2.42. The molecule has 1 aliphatic rings. The summed E-state index contributed by atoms with van der Waals surface area (Å²) in [7, 11) is -1.74. The molecule has 0 aromatic rings. The largest absolute Gasteiger partial charge is 0.432 e. The van der Waals surface area contributed by atoms with E-state index < -0.39 is 20.2 Å². The fourth-order valence-electron chi connectivity index (χ4n) is 1.54. The number of hydrogen-bond donors (Lipinski definition) is 0. The highest BCUT2D eigenvalue weighted by molar-refractivity contribution is 6.74. The van der Waals surface area contributed by atoms with Gasteiger partial charge < -0.3 is 13.9 Å². The molecule has 1 saturated heterocycles. The van der Waals surface area contributed by atoms with E-state index >= 15 is 0 Å². The van der Waals surface area contributed by atoms with Gasteiger partial charge >= 0.3 is 5.97 Å². The van der Waals surface area contributed by atoms with Crippen LogP contribution in [0.2, 0.25) is 18.1 Å². The number of esters is 1. The molecule has 1 rings (SSSR count). The van der Waals surface area contributed by atoms with Crippen LogP contribution in [0.15, 0.2) is 0 Å². The van der Waals surface area contributed by atoms with Crippen molar-refractivity contribution >= 4 is 14.3 Å². The van der Waals surface area contributed by atoms with Crippen LogP contribution in [-0.2, 0) is 18.7 Å². The van der Waals surface area contributed by atoms with Crippen LogP contribution in [0.3, 0.4) is 0 Å². The zero-order valence-corrected chi connectivity index (χ0v) is 13.6. The maximum atomic E-state index is 11.6. The lowest BCUT2D eigenvalue weighted by atomic mass is 10.2. The van der Waals surface area contributed by atoms with Crippen molar-refractivity contribution in [2.24, 2.45) is 0 Å². The molecule has 0 amide bonds. The van der Waals surface area contributed by atoms with Gasteiger partial charge in [0.25, 0.3) is 0 Å². The van der Waals surface area contributed by atoms with E-state index in [4.69, 9.17) is 13.9 Å². The predicted molar refractivity (Wildman–Crippen MR) is 72.8 cm³/mol.